The van der Waals surface area contributed by atoms with Gasteiger partial charge in [-0.25, -0.2) is 0 Å². The average molecular weight is 302 g/mol. The van der Waals surface area contributed by atoms with E-state index in [0.29, 0.717) is 6.42 Å². The third-order valence-electron chi connectivity index (χ3n) is 2.61. The Morgan fingerprint density at radius 2 is 2.11 bits per heavy atom. The van der Waals surface area contributed by atoms with Gasteiger partial charge < -0.3 is 10.4 Å². The van der Waals surface area contributed by atoms with E-state index in [1.165, 1.54) is 0 Å². The molecule has 1 amide bonds. The number of thioether (sulfide) groups is 1. The van der Waals surface area contributed by atoms with Crippen molar-refractivity contribution < 1.29 is 9.90 Å². The number of halogens is 1. The smallest absolute Gasteiger partial charge is 0.221 e. The third-order valence-corrected chi connectivity index (χ3v) is 3.88. The second kappa shape index (κ2) is 9.23. The van der Waals surface area contributed by atoms with E-state index in [0.717, 1.165) is 28.5 Å². The minimum Gasteiger partial charge on any atom is -0.396 e. The van der Waals surface area contributed by atoms with Gasteiger partial charge in [-0.1, -0.05) is 11.6 Å². The van der Waals surface area contributed by atoms with Crippen LogP contribution >= 0.6 is 23.4 Å². The predicted octanol–water partition coefficient (Wildman–Crippen LogP) is 3.10. The number of carbonyl (C=O) groups excluding carboxylic acids is 1. The average Bonchev–Trinajstić information content (AvgIpc) is 2.38. The molecule has 0 aliphatic carbocycles. The molecule has 1 aromatic rings. The Balaban J connectivity index is 2.18. The lowest BCUT2D eigenvalue weighted by molar-refractivity contribution is -0.121. The van der Waals surface area contributed by atoms with Crippen LogP contribution in [-0.2, 0) is 4.79 Å². The highest BCUT2D eigenvalue weighted by Gasteiger charge is 2.07. The first-order valence-corrected chi connectivity index (χ1v) is 7.76. The highest BCUT2D eigenvalue weighted by molar-refractivity contribution is 7.99. The maximum Gasteiger partial charge on any atom is 0.221 e. The lowest BCUT2D eigenvalue weighted by Gasteiger charge is -2.12. The zero-order valence-corrected chi connectivity index (χ0v) is 12.6. The van der Waals surface area contributed by atoms with Gasteiger partial charge >= 0.3 is 0 Å². The van der Waals surface area contributed by atoms with E-state index in [9.17, 15) is 4.79 Å². The van der Waals surface area contributed by atoms with Crippen molar-refractivity contribution in [3.05, 3.63) is 29.3 Å². The first kappa shape index (κ1) is 16.3. The van der Waals surface area contributed by atoms with Crippen LogP contribution in [0, 0.1) is 0 Å². The summed E-state index contributed by atoms with van der Waals surface area (Å²) < 4.78 is 0. The van der Waals surface area contributed by atoms with Gasteiger partial charge in [0, 0.05) is 34.7 Å². The Bertz CT molecular complexity index is 384. The number of amides is 1. The Labute approximate surface area is 123 Å². The number of carbonyl (C=O) groups is 1. The summed E-state index contributed by atoms with van der Waals surface area (Å²) in [7, 11) is 0. The summed E-state index contributed by atoms with van der Waals surface area (Å²) in [5.74, 6) is 0.812. The van der Waals surface area contributed by atoms with E-state index in [1.54, 1.807) is 11.8 Å². The largest absolute Gasteiger partial charge is 0.396 e. The molecule has 1 rings (SSSR count). The molecule has 5 heteroatoms. The number of hydrogen-bond donors (Lipinski definition) is 2. The van der Waals surface area contributed by atoms with E-state index < -0.39 is 0 Å². The molecule has 0 heterocycles. The molecule has 0 aliphatic heterocycles. The molecule has 0 radical (unpaired) electrons. The number of aliphatic hydroxyl groups excluding tert-OH is 1. The Morgan fingerprint density at radius 3 is 2.74 bits per heavy atom. The summed E-state index contributed by atoms with van der Waals surface area (Å²) in [5, 5.41) is 12.4. The zero-order chi connectivity index (χ0) is 14.1. The van der Waals surface area contributed by atoms with Crippen molar-refractivity contribution >= 4 is 29.3 Å². The van der Waals surface area contributed by atoms with Crippen LogP contribution in [0.4, 0.5) is 0 Å². The fraction of sp³-hybridized carbons (Fsp3) is 0.500. The van der Waals surface area contributed by atoms with E-state index in [4.69, 9.17) is 16.7 Å². The van der Waals surface area contributed by atoms with Gasteiger partial charge in [0.2, 0.25) is 5.91 Å². The van der Waals surface area contributed by atoms with Crippen LogP contribution in [0.15, 0.2) is 29.2 Å². The quantitative estimate of drug-likeness (QED) is 0.725. The summed E-state index contributed by atoms with van der Waals surface area (Å²) in [6.07, 6.45) is 2.03. The van der Waals surface area contributed by atoms with Crippen LogP contribution in [0.5, 0.6) is 0 Å². The Morgan fingerprint density at radius 1 is 1.42 bits per heavy atom. The van der Waals surface area contributed by atoms with Crippen molar-refractivity contribution in [1.82, 2.24) is 5.32 Å². The summed E-state index contributed by atoms with van der Waals surface area (Å²) in [5.41, 5.74) is 0. The summed E-state index contributed by atoms with van der Waals surface area (Å²) in [6, 6.07) is 7.73. The van der Waals surface area contributed by atoms with Gasteiger partial charge in [-0.2, -0.15) is 0 Å². The highest BCUT2D eigenvalue weighted by Crippen LogP contribution is 2.20. The molecular weight excluding hydrogens is 282 g/mol. The molecule has 0 fully saturated rings. The lowest BCUT2D eigenvalue weighted by atomic mass is 10.2. The molecule has 19 heavy (non-hydrogen) atoms. The number of rotatable bonds is 8. The number of aliphatic hydroxyl groups is 1. The van der Waals surface area contributed by atoms with Crippen LogP contribution in [0.3, 0.4) is 0 Å². The van der Waals surface area contributed by atoms with Crippen LogP contribution in [0.2, 0.25) is 5.02 Å². The monoisotopic (exact) mass is 301 g/mol. The second-order valence-electron chi connectivity index (χ2n) is 4.39. The minimum absolute atomic E-state index is 0.0619. The van der Waals surface area contributed by atoms with E-state index in [1.807, 2.05) is 31.2 Å². The molecule has 0 saturated heterocycles. The second-order valence-corrected chi connectivity index (χ2v) is 5.99. The summed E-state index contributed by atoms with van der Waals surface area (Å²) in [4.78, 5) is 12.8. The molecule has 1 aromatic carbocycles. The fourth-order valence-corrected chi connectivity index (χ4v) is 2.59. The van der Waals surface area contributed by atoms with Crippen molar-refractivity contribution in [2.45, 2.75) is 37.1 Å². The van der Waals surface area contributed by atoms with Gasteiger partial charge in [0.15, 0.2) is 0 Å². The molecular formula is C14H20ClNO2S. The van der Waals surface area contributed by atoms with Gasteiger partial charge in [0.05, 0.1) is 0 Å². The number of hydrogen-bond acceptors (Lipinski definition) is 3. The summed E-state index contributed by atoms with van der Waals surface area (Å²) >= 11 is 7.45. The molecule has 0 aromatic heterocycles. The Kier molecular flexibility index (Phi) is 7.94. The number of nitrogens with one attached hydrogen (secondary N) is 1. The molecule has 2 N–H and O–H groups in total. The lowest BCUT2D eigenvalue weighted by Crippen LogP contribution is -2.32. The fourth-order valence-electron chi connectivity index (χ4n) is 1.61. The van der Waals surface area contributed by atoms with Crippen molar-refractivity contribution in [3.8, 4) is 0 Å². The standard InChI is InChI=1S/C14H20ClNO2S/c1-11(3-2-9-17)16-14(18)8-10-19-13-6-4-12(15)5-7-13/h4-7,11,17H,2-3,8-10H2,1H3,(H,16,18). The van der Waals surface area contributed by atoms with Crippen molar-refractivity contribution in [1.29, 1.82) is 0 Å². The maximum absolute atomic E-state index is 11.7. The molecule has 1 unspecified atom stereocenters. The summed E-state index contributed by atoms with van der Waals surface area (Å²) in [6.45, 7) is 2.13. The maximum atomic E-state index is 11.7. The van der Waals surface area contributed by atoms with Gasteiger partial charge in [-0.3, -0.25) is 4.79 Å². The van der Waals surface area contributed by atoms with Crippen molar-refractivity contribution in [2.24, 2.45) is 0 Å². The van der Waals surface area contributed by atoms with Gasteiger partial charge in [0.1, 0.15) is 0 Å². The molecule has 0 bridgehead atoms. The zero-order valence-electron chi connectivity index (χ0n) is 11.1. The van der Waals surface area contributed by atoms with Gasteiger partial charge in [-0.05, 0) is 44.0 Å². The predicted molar refractivity (Wildman–Crippen MR) is 80.7 cm³/mol. The van der Waals surface area contributed by atoms with E-state index in [-0.39, 0.29) is 18.6 Å². The van der Waals surface area contributed by atoms with Crippen molar-refractivity contribution in [2.75, 3.05) is 12.4 Å². The Hall–Kier alpha value is -0.710. The highest BCUT2D eigenvalue weighted by atomic mass is 35.5. The molecule has 0 saturated carbocycles. The first-order valence-electron chi connectivity index (χ1n) is 6.40. The molecule has 106 valence electrons. The van der Waals surface area contributed by atoms with Gasteiger partial charge in [0.25, 0.3) is 0 Å². The molecule has 1 atom stereocenters. The minimum atomic E-state index is 0.0619. The van der Waals surface area contributed by atoms with Crippen molar-refractivity contribution in [3.63, 3.8) is 0 Å². The normalized spacial score (nSPS) is 12.2. The topological polar surface area (TPSA) is 49.3 Å². The molecule has 3 nitrogen and oxygen atoms in total. The van der Waals surface area contributed by atoms with Crippen LogP contribution < -0.4 is 5.32 Å². The van der Waals surface area contributed by atoms with Crippen LogP contribution in [0.1, 0.15) is 26.2 Å². The first-order chi connectivity index (χ1) is 9.11. The molecule has 0 spiro atoms. The molecule has 0 aliphatic rings. The third kappa shape index (κ3) is 7.45. The SMILES string of the molecule is CC(CCCO)NC(=O)CCSc1ccc(Cl)cc1. The number of benzene rings is 1. The van der Waals surface area contributed by atoms with E-state index >= 15 is 0 Å². The van der Waals surface area contributed by atoms with Gasteiger partial charge in [-0.15, -0.1) is 11.8 Å². The van der Waals surface area contributed by atoms with Crippen LogP contribution in [0.25, 0.3) is 0 Å². The van der Waals surface area contributed by atoms with E-state index in [2.05, 4.69) is 5.32 Å². The van der Waals surface area contributed by atoms with Crippen LogP contribution in [-0.4, -0.2) is 29.4 Å².